The molecule has 2 rings (SSSR count). The number of carboxylic acid groups (broad SMARTS) is 1. The van der Waals surface area contributed by atoms with Gasteiger partial charge in [-0.2, -0.15) is 11.8 Å². The third-order valence-electron chi connectivity index (χ3n) is 4.55. The number of benzene rings is 1. The van der Waals surface area contributed by atoms with Crippen LogP contribution in [0.4, 0.5) is 0 Å². The number of H-pyrrole nitrogens is 1. The minimum atomic E-state index is -1.18. The molecule has 0 aliphatic carbocycles. The Kier molecular flexibility index (Phi) is 9.35. The van der Waals surface area contributed by atoms with Crippen molar-refractivity contribution in [2.24, 2.45) is 5.73 Å². The first-order valence-corrected chi connectivity index (χ1v) is 11.1. The highest BCUT2D eigenvalue weighted by atomic mass is 32.2. The van der Waals surface area contributed by atoms with Crippen LogP contribution in [0.15, 0.2) is 30.5 Å². The summed E-state index contributed by atoms with van der Waals surface area (Å²) in [6.45, 7) is -0.883. The average molecular weight is 450 g/mol. The molecule has 0 fully saturated rings. The lowest BCUT2D eigenvalue weighted by Crippen LogP contribution is -2.51. The smallest absolute Gasteiger partial charge is 0.322 e. The van der Waals surface area contributed by atoms with Gasteiger partial charge in [0.25, 0.3) is 0 Å². The number of rotatable bonds is 12. The van der Waals surface area contributed by atoms with Crippen LogP contribution < -0.4 is 21.7 Å². The molecule has 0 aliphatic heterocycles. The molecule has 0 radical (unpaired) electrons. The maximum atomic E-state index is 12.3. The highest BCUT2D eigenvalue weighted by molar-refractivity contribution is 7.98. The van der Waals surface area contributed by atoms with E-state index in [1.807, 2.05) is 30.5 Å². The van der Waals surface area contributed by atoms with Gasteiger partial charge >= 0.3 is 5.97 Å². The maximum Gasteiger partial charge on any atom is 0.322 e. The summed E-state index contributed by atoms with van der Waals surface area (Å²) >= 11 is 1.49. The van der Waals surface area contributed by atoms with Crippen molar-refractivity contribution < 1.29 is 24.3 Å². The second-order valence-corrected chi connectivity index (χ2v) is 7.89. The number of para-hydroxylation sites is 1. The third-order valence-corrected chi connectivity index (χ3v) is 5.19. The molecule has 0 saturated carbocycles. The summed E-state index contributed by atoms with van der Waals surface area (Å²) in [5, 5.41) is 16.9. The number of fused-ring (bicyclic) bond motifs is 1. The summed E-state index contributed by atoms with van der Waals surface area (Å²) in [4.78, 5) is 50.4. The number of hydrogen-bond donors (Lipinski definition) is 6. The number of aliphatic carboxylic acids is 1. The summed E-state index contributed by atoms with van der Waals surface area (Å²) in [5.74, 6) is -2.24. The molecule has 168 valence electrons. The Hall–Kier alpha value is -3.05. The van der Waals surface area contributed by atoms with Gasteiger partial charge in [0.2, 0.25) is 17.7 Å². The van der Waals surface area contributed by atoms with E-state index in [4.69, 9.17) is 10.8 Å². The lowest BCUT2D eigenvalue weighted by molar-refractivity contribution is -0.138. The topological polar surface area (TPSA) is 166 Å². The fourth-order valence-corrected chi connectivity index (χ4v) is 3.44. The number of hydrogen-bond acceptors (Lipinski definition) is 6. The molecular formula is C20H27N5O5S. The molecule has 1 heterocycles. The zero-order valence-corrected chi connectivity index (χ0v) is 18.0. The van der Waals surface area contributed by atoms with Crippen LogP contribution in [-0.2, 0) is 25.6 Å². The first kappa shape index (κ1) is 24.2. The summed E-state index contributed by atoms with van der Waals surface area (Å²) < 4.78 is 0. The molecule has 10 nitrogen and oxygen atoms in total. The fourth-order valence-electron chi connectivity index (χ4n) is 2.96. The van der Waals surface area contributed by atoms with Crippen molar-refractivity contribution in [1.29, 1.82) is 0 Å². The minimum Gasteiger partial charge on any atom is -0.480 e. The van der Waals surface area contributed by atoms with Crippen LogP contribution >= 0.6 is 11.8 Å². The van der Waals surface area contributed by atoms with E-state index in [9.17, 15) is 19.2 Å². The van der Waals surface area contributed by atoms with Gasteiger partial charge < -0.3 is 31.8 Å². The van der Waals surface area contributed by atoms with Crippen LogP contribution in [0.5, 0.6) is 0 Å². The molecule has 1 aromatic carbocycles. The molecule has 0 aliphatic rings. The van der Waals surface area contributed by atoms with Crippen LogP contribution in [0.3, 0.4) is 0 Å². The number of aromatic nitrogens is 1. The fraction of sp³-hybridized carbons (Fsp3) is 0.400. The van der Waals surface area contributed by atoms with Crippen molar-refractivity contribution in [2.75, 3.05) is 25.1 Å². The first-order valence-electron chi connectivity index (χ1n) is 9.68. The van der Waals surface area contributed by atoms with Gasteiger partial charge in [0.05, 0.1) is 12.6 Å². The highest BCUT2D eigenvalue weighted by Crippen LogP contribution is 2.18. The predicted molar refractivity (Wildman–Crippen MR) is 119 cm³/mol. The van der Waals surface area contributed by atoms with Gasteiger partial charge in [-0.05, 0) is 36.5 Å². The molecule has 2 unspecified atom stereocenters. The number of nitrogens with one attached hydrogen (secondary N) is 4. The number of nitrogens with two attached hydrogens (primary N) is 1. The van der Waals surface area contributed by atoms with Gasteiger partial charge in [0.1, 0.15) is 12.6 Å². The highest BCUT2D eigenvalue weighted by Gasteiger charge is 2.22. The van der Waals surface area contributed by atoms with Crippen molar-refractivity contribution in [3.63, 3.8) is 0 Å². The molecule has 0 bridgehead atoms. The lowest BCUT2D eigenvalue weighted by Gasteiger charge is -2.18. The number of carbonyl (C=O) groups is 4. The molecule has 2 aromatic rings. The van der Waals surface area contributed by atoms with E-state index < -0.39 is 42.3 Å². The van der Waals surface area contributed by atoms with Gasteiger partial charge in [-0.3, -0.25) is 19.2 Å². The van der Waals surface area contributed by atoms with Crippen molar-refractivity contribution in [2.45, 2.75) is 24.9 Å². The Bertz CT molecular complexity index is 932. The van der Waals surface area contributed by atoms with Gasteiger partial charge in [-0.1, -0.05) is 18.2 Å². The van der Waals surface area contributed by atoms with Crippen LogP contribution in [-0.4, -0.2) is 71.0 Å². The third kappa shape index (κ3) is 7.61. The maximum absolute atomic E-state index is 12.3. The second-order valence-electron chi connectivity index (χ2n) is 6.90. The molecular weight excluding hydrogens is 422 g/mol. The van der Waals surface area contributed by atoms with Crippen LogP contribution in [0.2, 0.25) is 0 Å². The average Bonchev–Trinajstić information content (AvgIpc) is 3.15. The van der Waals surface area contributed by atoms with E-state index in [0.29, 0.717) is 18.6 Å². The summed E-state index contributed by atoms with van der Waals surface area (Å²) in [5.41, 5.74) is 7.83. The van der Waals surface area contributed by atoms with Gasteiger partial charge in [-0.25, -0.2) is 0 Å². The van der Waals surface area contributed by atoms with E-state index in [2.05, 4.69) is 20.9 Å². The molecule has 2 atom stereocenters. The molecule has 1 aromatic heterocycles. The van der Waals surface area contributed by atoms with Crippen LogP contribution in [0.25, 0.3) is 10.9 Å². The molecule has 0 saturated heterocycles. The van der Waals surface area contributed by atoms with Crippen LogP contribution in [0.1, 0.15) is 12.0 Å². The van der Waals surface area contributed by atoms with Gasteiger partial charge in [-0.15, -0.1) is 0 Å². The van der Waals surface area contributed by atoms with Crippen molar-refractivity contribution in [3.05, 3.63) is 36.0 Å². The zero-order chi connectivity index (χ0) is 22.8. The second kappa shape index (κ2) is 12.0. The normalized spacial score (nSPS) is 12.7. The molecule has 0 spiro atoms. The Labute approximate surface area is 183 Å². The van der Waals surface area contributed by atoms with Crippen molar-refractivity contribution >= 4 is 46.4 Å². The van der Waals surface area contributed by atoms with Crippen LogP contribution in [0, 0.1) is 0 Å². The quantitative estimate of drug-likeness (QED) is 0.256. The molecule has 7 N–H and O–H groups in total. The molecule has 31 heavy (non-hydrogen) atoms. The van der Waals surface area contributed by atoms with E-state index >= 15 is 0 Å². The number of aromatic amines is 1. The first-order chi connectivity index (χ1) is 14.8. The number of carboxylic acids is 1. The molecule has 3 amide bonds. The van der Waals surface area contributed by atoms with E-state index in [-0.39, 0.29) is 6.54 Å². The number of thioether (sulfide) groups is 1. The summed E-state index contributed by atoms with van der Waals surface area (Å²) in [6, 6.07) is 5.92. The van der Waals surface area contributed by atoms with Gasteiger partial charge in [0, 0.05) is 17.1 Å². The predicted octanol–water partition coefficient (Wildman–Crippen LogP) is -0.407. The summed E-state index contributed by atoms with van der Waals surface area (Å²) in [7, 11) is 0. The number of carbonyl (C=O) groups excluding carboxylic acids is 3. The summed E-state index contributed by atoms with van der Waals surface area (Å²) in [6.07, 6.45) is 4.28. The van der Waals surface area contributed by atoms with Crippen molar-refractivity contribution in [1.82, 2.24) is 20.9 Å². The SMILES string of the molecule is CSCCC(NC(=O)CNC(=O)C(N)Cc1c[nH]c2ccccc12)C(=O)NCC(=O)O. The lowest BCUT2D eigenvalue weighted by atomic mass is 10.1. The zero-order valence-electron chi connectivity index (χ0n) is 17.1. The van der Waals surface area contributed by atoms with Crippen molar-refractivity contribution in [3.8, 4) is 0 Å². The molecule has 11 heteroatoms. The Morgan fingerprint density at radius 3 is 2.55 bits per heavy atom. The Morgan fingerprint density at radius 2 is 1.84 bits per heavy atom. The van der Waals surface area contributed by atoms with Gasteiger partial charge in [0.15, 0.2) is 0 Å². The van der Waals surface area contributed by atoms with E-state index in [1.165, 1.54) is 11.8 Å². The standard InChI is InChI=1S/C20H27N5O5S/c1-31-7-6-16(20(30)24-11-18(27)28)25-17(26)10-23-19(29)14(21)8-12-9-22-15-5-3-2-4-13(12)15/h2-5,9,14,16,22H,6-8,10-11,21H2,1H3,(H,23,29)(H,24,30)(H,25,26)(H,27,28). The van der Waals surface area contributed by atoms with E-state index in [1.54, 1.807) is 6.20 Å². The Balaban J connectivity index is 1.85. The minimum absolute atomic E-state index is 0.297. The monoisotopic (exact) mass is 449 g/mol. The number of amides is 3. The van der Waals surface area contributed by atoms with E-state index in [0.717, 1.165) is 16.5 Å². The Morgan fingerprint density at radius 1 is 1.13 bits per heavy atom. The largest absolute Gasteiger partial charge is 0.480 e.